The lowest BCUT2D eigenvalue weighted by atomic mass is 10.0. The van der Waals surface area contributed by atoms with Crippen LogP contribution in [0.2, 0.25) is 0 Å². The van der Waals surface area contributed by atoms with E-state index in [-0.39, 0.29) is 17.5 Å². The zero-order valence-corrected chi connectivity index (χ0v) is 13.7. The van der Waals surface area contributed by atoms with Crippen LogP contribution in [0, 0.1) is 0 Å². The van der Waals surface area contributed by atoms with Crippen LogP contribution in [0.3, 0.4) is 0 Å². The normalized spacial score (nSPS) is 17.6. The highest BCUT2D eigenvalue weighted by molar-refractivity contribution is 5.94. The van der Waals surface area contributed by atoms with Gasteiger partial charge in [0.1, 0.15) is 0 Å². The minimum atomic E-state index is -0.0517. The molecule has 0 radical (unpaired) electrons. The number of hydrogen-bond donors (Lipinski definition) is 0. The van der Waals surface area contributed by atoms with Crippen LogP contribution in [0.4, 0.5) is 0 Å². The Labute approximate surface area is 144 Å². The van der Waals surface area contributed by atoms with Gasteiger partial charge in [-0.05, 0) is 37.1 Å². The zero-order valence-electron chi connectivity index (χ0n) is 13.7. The minimum absolute atomic E-state index is 0.0195. The van der Waals surface area contributed by atoms with Crippen molar-refractivity contribution >= 4 is 16.8 Å². The number of nitrogens with zero attached hydrogens (tertiary/aromatic N) is 4. The first-order valence-electron chi connectivity index (χ1n) is 8.39. The van der Waals surface area contributed by atoms with Crippen LogP contribution in [-0.2, 0) is 0 Å². The molecule has 1 fully saturated rings. The number of carbonyl (C=O) groups is 1. The van der Waals surface area contributed by atoms with Gasteiger partial charge in [-0.2, -0.15) is 0 Å². The van der Waals surface area contributed by atoms with E-state index in [2.05, 4.69) is 9.97 Å². The van der Waals surface area contributed by atoms with E-state index in [1.807, 2.05) is 23.1 Å². The Morgan fingerprint density at radius 1 is 1.12 bits per heavy atom. The highest BCUT2D eigenvalue weighted by Crippen LogP contribution is 2.22. The molecule has 1 aromatic carbocycles. The molecule has 2 aromatic heterocycles. The summed E-state index contributed by atoms with van der Waals surface area (Å²) in [4.78, 5) is 35.6. The average Bonchev–Trinajstić information content (AvgIpc) is 2.69. The van der Waals surface area contributed by atoms with E-state index >= 15 is 0 Å². The quantitative estimate of drug-likeness (QED) is 0.721. The van der Waals surface area contributed by atoms with Gasteiger partial charge in [-0.25, -0.2) is 4.98 Å². The maximum atomic E-state index is 12.8. The molecule has 6 nitrogen and oxygen atoms in total. The maximum absolute atomic E-state index is 12.8. The summed E-state index contributed by atoms with van der Waals surface area (Å²) >= 11 is 0. The number of piperidine rings is 1. The molecule has 0 spiro atoms. The molecule has 6 heteroatoms. The number of rotatable bonds is 2. The molecule has 4 rings (SSSR count). The Morgan fingerprint density at radius 2 is 1.92 bits per heavy atom. The van der Waals surface area contributed by atoms with Crippen molar-refractivity contribution in [2.45, 2.75) is 18.9 Å². The third kappa shape index (κ3) is 2.91. The van der Waals surface area contributed by atoms with Crippen molar-refractivity contribution in [1.82, 2.24) is 19.4 Å². The van der Waals surface area contributed by atoms with Crippen LogP contribution < -0.4 is 5.56 Å². The van der Waals surface area contributed by atoms with E-state index in [1.165, 1.54) is 0 Å². The Balaban J connectivity index is 1.63. The van der Waals surface area contributed by atoms with Gasteiger partial charge in [0, 0.05) is 31.0 Å². The van der Waals surface area contributed by atoms with E-state index in [9.17, 15) is 9.59 Å². The number of para-hydroxylation sites is 1. The predicted octanol–water partition coefficient (Wildman–Crippen LogP) is 2.27. The molecule has 1 aliphatic heterocycles. The highest BCUT2D eigenvalue weighted by atomic mass is 16.2. The van der Waals surface area contributed by atoms with Crippen LogP contribution in [0.15, 0.2) is 59.9 Å². The molecule has 1 amide bonds. The molecule has 3 aromatic rings. The monoisotopic (exact) mass is 334 g/mol. The number of carbonyl (C=O) groups excluding carboxylic acids is 1. The summed E-state index contributed by atoms with van der Waals surface area (Å²) in [5.41, 5.74) is 1.28. The minimum Gasteiger partial charge on any atom is -0.337 e. The van der Waals surface area contributed by atoms with Gasteiger partial charge in [-0.15, -0.1) is 0 Å². The summed E-state index contributed by atoms with van der Waals surface area (Å²) in [6.45, 7) is 1.22. The SMILES string of the molecule is O=C(c1ccncc1)N1CCC[C@H](n2cnc3ccccc3c2=O)C1. The van der Waals surface area contributed by atoms with Gasteiger partial charge >= 0.3 is 0 Å². The van der Waals surface area contributed by atoms with Gasteiger partial charge in [0.2, 0.25) is 0 Å². The maximum Gasteiger partial charge on any atom is 0.261 e. The molecule has 126 valence electrons. The summed E-state index contributed by atoms with van der Waals surface area (Å²) in [7, 11) is 0. The van der Waals surface area contributed by atoms with Crippen molar-refractivity contribution in [3.05, 3.63) is 71.0 Å². The fourth-order valence-electron chi connectivity index (χ4n) is 3.39. The number of benzene rings is 1. The number of fused-ring (bicyclic) bond motifs is 1. The Kier molecular flexibility index (Phi) is 4.01. The number of amides is 1. The second kappa shape index (κ2) is 6.47. The molecule has 0 N–H and O–H groups in total. The fraction of sp³-hybridized carbons (Fsp3) is 0.263. The molecule has 0 unspecified atom stereocenters. The standard InChI is InChI=1S/C19H18N4O2/c24-18(14-7-9-20-10-8-14)22-11-3-4-15(12-22)23-13-21-17-6-2-1-5-16(17)19(23)25/h1-2,5-10,13,15H,3-4,11-12H2/t15-/m0/s1. The largest absolute Gasteiger partial charge is 0.337 e. The van der Waals surface area contributed by atoms with Gasteiger partial charge in [0.25, 0.3) is 11.5 Å². The molecule has 0 saturated carbocycles. The van der Waals surface area contributed by atoms with Crippen LogP contribution in [0.25, 0.3) is 10.9 Å². The number of hydrogen-bond acceptors (Lipinski definition) is 4. The molecule has 1 saturated heterocycles. The van der Waals surface area contributed by atoms with Crippen molar-refractivity contribution in [3.63, 3.8) is 0 Å². The lowest BCUT2D eigenvalue weighted by Crippen LogP contribution is -2.42. The van der Waals surface area contributed by atoms with Gasteiger partial charge < -0.3 is 4.90 Å². The summed E-state index contributed by atoms with van der Waals surface area (Å²) in [5.74, 6) is -0.0195. The van der Waals surface area contributed by atoms with Gasteiger partial charge in [-0.3, -0.25) is 19.1 Å². The third-order valence-corrected chi connectivity index (χ3v) is 4.69. The van der Waals surface area contributed by atoms with Crippen molar-refractivity contribution < 1.29 is 4.79 Å². The molecular formula is C19H18N4O2. The number of aromatic nitrogens is 3. The Morgan fingerprint density at radius 3 is 2.76 bits per heavy atom. The van der Waals surface area contributed by atoms with Crippen LogP contribution in [-0.4, -0.2) is 38.4 Å². The summed E-state index contributed by atoms with van der Waals surface area (Å²) in [5, 5.41) is 0.614. The fourth-order valence-corrected chi connectivity index (χ4v) is 3.39. The van der Waals surface area contributed by atoms with Crippen molar-refractivity contribution in [2.24, 2.45) is 0 Å². The van der Waals surface area contributed by atoms with E-state index < -0.39 is 0 Å². The number of likely N-dealkylation sites (tertiary alicyclic amines) is 1. The third-order valence-electron chi connectivity index (χ3n) is 4.69. The van der Waals surface area contributed by atoms with Crippen LogP contribution in [0.1, 0.15) is 29.2 Å². The summed E-state index contributed by atoms with van der Waals surface area (Å²) in [6.07, 6.45) is 6.56. The molecule has 1 aliphatic rings. The lowest BCUT2D eigenvalue weighted by molar-refractivity contribution is 0.0677. The molecule has 25 heavy (non-hydrogen) atoms. The van der Waals surface area contributed by atoms with Gasteiger partial charge in [0.15, 0.2) is 0 Å². The summed E-state index contributed by atoms with van der Waals surface area (Å²) < 4.78 is 1.67. The van der Waals surface area contributed by atoms with E-state index in [0.29, 0.717) is 29.6 Å². The van der Waals surface area contributed by atoms with E-state index in [0.717, 1.165) is 12.8 Å². The van der Waals surface area contributed by atoms with E-state index in [1.54, 1.807) is 41.5 Å². The average molecular weight is 334 g/mol. The van der Waals surface area contributed by atoms with Crippen LogP contribution >= 0.6 is 0 Å². The second-order valence-corrected chi connectivity index (χ2v) is 6.26. The summed E-state index contributed by atoms with van der Waals surface area (Å²) in [6, 6.07) is 10.7. The number of pyridine rings is 1. The molecule has 1 atom stereocenters. The highest BCUT2D eigenvalue weighted by Gasteiger charge is 2.26. The first-order valence-corrected chi connectivity index (χ1v) is 8.39. The predicted molar refractivity (Wildman–Crippen MR) is 94.4 cm³/mol. The molecule has 0 bridgehead atoms. The lowest BCUT2D eigenvalue weighted by Gasteiger charge is -2.33. The molecular weight excluding hydrogens is 316 g/mol. The van der Waals surface area contributed by atoms with Gasteiger partial charge in [0.05, 0.1) is 23.3 Å². The Bertz CT molecular complexity index is 968. The zero-order chi connectivity index (χ0) is 17.2. The molecule has 3 heterocycles. The second-order valence-electron chi connectivity index (χ2n) is 6.26. The first kappa shape index (κ1) is 15.5. The van der Waals surface area contributed by atoms with Crippen molar-refractivity contribution in [1.29, 1.82) is 0 Å². The van der Waals surface area contributed by atoms with Crippen molar-refractivity contribution in [3.8, 4) is 0 Å². The smallest absolute Gasteiger partial charge is 0.261 e. The molecule has 0 aliphatic carbocycles. The first-order chi connectivity index (χ1) is 12.2. The van der Waals surface area contributed by atoms with Crippen LogP contribution in [0.5, 0.6) is 0 Å². The van der Waals surface area contributed by atoms with Crippen molar-refractivity contribution in [2.75, 3.05) is 13.1 Å². The van der Waals surface area contributed by atoms with E-state index in [4.69, 9.17) is 0 Å². The Hall–Kier alpha value is -3.02. The van der Waals surface area contributed by atoms with Gasteiger partial charge in [-0.1, -0.05) is 12.1 Å². The topological polar surface area (TPSA) is 68.1 Å².